The zero-order chi connectivity index (χ0) is 17.0. The first kappa shape index (κ1) is 17.3. The molecule has 0 saturated carbocycles. The SMILES string of the molecule is CCn1nc(C)c(CN(C)C(=O)COc2ccc(Cl)cc2)c1C. The molecule has 6 heteroatoms. The summed E-state index contributed by atoms with van der Waals surface area (Å²) in [5.74, 6) is 0.547. The lowest BCUT2D eigenvalue weighted by Gasteiger charge is -2.18. The maximum atomic E-state index is 12.2. The number of ether oxygens (including phenoxy) is 1. The zero-order valence-electron chi connectivity index (χ0n) is 14.0. The van der Waals surface area contributed by atoms with Crippen LogP contribution in [0.1, 0.15) is 23.9 Å². The second-order valence-corrected chi connectivity index (χ2v) is 5.89. The normalized spacial score (nSPS) is 10.7. The molecule has 0 atom stereocenters. The highest BCUT2D eigenvalue weighted by atomic mass is 35.5. The molecule has 1 aromatic heterocycles. The molecule has 0 spiro atoms. The van der Waals surface area contributed by atoms with E-state index >= 15 is 0 Å². The number of benzene rings is 1. The van der Waals surface area contributed by atoms with Gasteiger partial charge < -0.3 is 9.64 Å². The summed E-state index contributed by atoms with van der Waals surface area (Å²) in [6.45, 7) is 7.40. The first-order valence-corrected chi connectivity index (χ1v) is 7.95. The van der Waals surface area contributed by atoms with Crippen molar-refractivity contribution in [2.24, 2.45) is 0 Å². The molecule has 0 bridgehead atoms. The smallest absolute Gasteiger partial charge is 0.260 e. The Hall–Kier alpha value is -2.01. The van der Waals surface area contributed by atoms with Crippen molar-refractivity contribution in [1.29, 1.82) is 0 Å². The molecule has 0 fully saturated rings. The summed E-state index contributed by atoms with van der Waals surface area (Å²) in [7, 11) is 1.77. The average Bonchev–Trinajstić information content (AvgIpc) is 2.81. The van der Waals surface area contributed by atoms with E-state index in [0.29, 0.717) is 17.3 Å². The van der Waals surface area contributed by atoms with Crippen LogP contribution in [0.25, 0.3) is 0 Å². The Morgan fingerprint density at radius 3 is 2.52 bits per heavy atom. The van der Waals surface area contributed by atoms with Crippen molar-refractivity contribution < 1.29 is 9.53 Å². The Bertz CT molecular complexity index is 680. The molecule has 2 rings (SSSR count). The third kappa shape index (κ3) is 4.26. The standard InChI is InChI=1S/C17H22ClN3O2/c1-5-21-13(3)16(12(2)19-21)10-20(4)17(22)11-23-15-8-6-14(18)7-9-15/h6-9H,5,10-11H2,1-4H3. The number of aromatic nitrogens is 2. The molecule has 0 aliphatic heterocycles. The van der Waals surface area contributed by atoms with E-state index in [9.17, 15) is 4.79 Å². The van der Waals surface area contributed by atoms with E-state index in [1.54, 1.807) is 36.2 Å². The molecular formula is C17H22ClN3O2. The van der Waals surface area contributed by atoms with Crippen molar-refractivity contribution in [1.82, 2.24) is 14.7 Å². The second-order valence-electron chi connectivity index (χ2n) is 5.46. The maximum absolute atomic E-state index is 12.2. The number of likely N-dealkylation sites (N-methyl/N-ethyl adjacent to an activating group) is 1. The Labute approximate surface area is 141 Å². The van der Waals surface area contributed by atoms with Crippen molar-refractivity contribution in [3.63, 3.8) is 0 Å². The van der Waals surface area contributed by atoms with E-state index in [-0.39, 0.29) is 12.5 Å². The highest BCUT2D eigenvalue weighted by Gasteiger charge is 2.16. The minimum atomic E-state index is -0.0806. The van der Waals surface area contributed by atoms with E-state index in [2.05, 4.69) is 12.0 Å². The van der Waals surface area contributed by atoms with Crippen LogP contribution in [0.2, 0.25) is 5.02 Å². The molecule has 0 aliphatic carbocycles. The predicted molar refractivity (Wildman–Crippen MR) is 90.8 cm³/mol. The lowest BCUT2D eigenvalue weighted by Crippen LogP contribution is -2.31. The van der Waals surface area contributed by atoms with Crippen LogP contribution in [0.5, 0.6) is 5.75 Å². The van der Waals surface area contributed by atoms with E-state index < -0.39 is 0 Å². The molecule has 0 unspecified atom stereocenters. The minimum Gasteiger partial charge on any atom is -0.484 e. The topological polar surface area (TPSA) is 47.4 Å². The molecule has 1 aromatic carbocycles. The van der Waals surface area contributed by atoms with Gasteiger partial charge in [0.15, 0.2) is 6.61 Å². The van der Waals surface area contributed by atoms with Crippen molar-refractivity contribution >= 4 is 17.5 Å². The molecular weight excluding hydrogens is 314 g/mol. The molecule has 23 heavy (non-hydrogen) atoms. The Kier molecular flexibility index (Phi) is 5.66. The van der Waals surface area contributed by atoms with Crippen molar-refractivity contribution in [3.8, 4) is 5.75 Å². The Morgan fingerprint density at radius 1 is 1.30 bits per heavy atom. The summed E-state index contributed by atoms with van der Waals surface area (Å²) in [5, 5.41) is 5.12. The predicted octanol–water partition coefficient (Wildman–Crippen LogP) is 3.21. The van der Waals surface area contributed by atoms with Crippen LogP contribution in [0, 0.1) is 13.8 Å². The summed E-state index contributed by atoms with van der Waals surface area (Å²) in [6, 6.07) is 6.96. The largest absolute Gasteiger partial charge is 0.484 e. The Balaban J connectivity index is 1.95. The van der Waals surface area contributed by atoms with Gasteiger partial charge in [0.2, 0.25) is 0 Å². The monoisotopic (exact) mass is 335 g/mol. The lowest BCUT2D eigenvalue weighted by molar-refractivity contribution is -0.132. The van der Waals surface area contributed by atoms with Crippen molar-refractivity contribution in [3.05, 3.63) is 46.2 Å². The third-order valence-electron chi connectivity index (χ3n) is 3.83. The third-order valence-corrected chi connectivity index (χ3v) is 4.08. The molecule has 1 heterocycles. The van der Waals surface area contributed by atoms with Crippen molar-refractivity contribution in [2.45, 2.75) is 33.9 Å². The van der Waals surface area contributed by atoms with Gasteiger partial charge in [-0.25, -0.2) is 0 Å². The number of hydrogen-bond acceptors (Lipinski definition) is 3. The van der Waals surface area contributed by atoms with Crippen LogP contribution >= 0.6 is 11.6 Å². The number of nitrogens with zero attached hydrogens (tertiary/aromatic N) is 3. The molecule has 0 saturated heterocycles. The van der Waals surface area contributed by atoms with Gasteiger partial charge in [0.05, 0.1) is 5.69 Å². The first-order valence-electron chi connectivity index (χ1n) is 7.57. The number of amides is 1. The fourth-order valence-electron chi connectivity index (χ4n) is 2.38. The summed E-state index contributed by atoms with van der Waals surface area (Å²) in [4.78, 5) is 13.9. The second kappa shape index (κ2) is 7.51. The summed E-state index contributed by atoms with van der Waals surface area (Å²) in [6.07, 6.45) is 0. The number of carbonyl (C=O) groups is 1. The number of aryl methyl sites for hydroxylation is 2. The molecule has 0 radical (unpaired) electrons. The number of rotatable bonds is 6. The van der Waals surface area contributed by atoms with Gasteiger partial charge in [-0.1, -0.05) is 11.6 Å². The van der Waals surface area contributed by atoms with E-state index in [1.165, 1.54) is 0 Å². The number of carbonyl (C=O) groups excluding carboxylic acids is 1. The molecule has 1 amide bonds. The van der Waals surface area contributed by atoms with Crippen LogP contribution in [0.3, 0.4) is 0 Å². The maximum Gasteiger partial charge on any atom is 0.260 e. The zero-order valence-corrected chi connectivity index (χ0v) is 14.7. The van der Waals surface area contributed by atoms with Crippen LogP contribution in [0.15, 0.2) is 24.3 Å². The van der Waals surface area contributed by atoms with E-state index in [4.69, 9.17) is 16.3 Å². The van der Waals surface area contributed by atoms with Gasteiger partial charge in [-0.15, -0.1) is 0 Å². The van der Waals surface area contributed by atoms with Crippen LogP contribution in [0.4, 0.5) is 0 Å². The molecule has 0 aliphatic rings. The highest BCUT2D eigenvalue weighted by molar-refractivity contribution is 6.30. The Morgan fingerprint density at radius 2 is 1.96 bits per heavy atom. The fourth-order valence-corrected chi connectivity index (χ4v) is 2.51. The van der Waals surface area contributed by atoms with Gasteiger partial charge >= 0.3 is 0 Å². The van der Waals surface area contributed by atoms with Gasteiger partial charge in [0.25, 0.3) is 5.91 Å². The average molecular weight is 336 g/mol. The van der Waals surface area contributed by atoms with Crippen LogP contribution in [-0.2, 0) is 17.9 Å². The van der Waals surface area contributed by atoms with Crippen LogP contribution < -0.4 is 4.74 Å². The summed E-state index contributed by atoms with van der Waals surface area (Å²) >= 11 is 5.82. The number of halogens is 1. The van der Waals surface area contributed by atoms with Crippen molar-refractivity contribution in [2.75, 3.05) is 13.7 Å². The van der Waals surface area contributed by atoms with E-state index in [1.807, 2.05) is 18.5 Å². The lowest BCUT2D eigenvalue weighted by atomic mass is 10.2. The molecule has 5 nitrogen and oxygen atoms in total. The van der Waals surface area contributed by atoms with Gasteiger partial charge in [-0.05, 0) is 45.0 Å². The van der Waals surface area contributed by atoms with Gasteiger partial charge in [0, 0.05) is 36.4 Å². The molecule has 2 aromatic rings. The van der Waals surface area contributed by atoms with Gasteiger partial charge in [0.1, 0.15) is 5.75 Å². The fraction of sp³-hybridized carbons (Fsp3) is 0.412. The highest BCUT2D eigenvalue weighted by Crippen LogP contribution is 2.17. The minimum absolute atomic E-state index is 0.00184. The number of hydrogen-bond donors (Lipinski definition) is 0. The molecule has 0 N–H and O–H groups in total. The van der Waals surface area contributed by atoms with Crippen LogP contribution in [-0.4, -0.2) is 34.2 Å². The van der Waals surface area contributed by atoms with E-state index in [0.717, 1.165) is 23.5 Å². The summed E-state index contributed by atoms with van der Waals surface area (Å²) in [5.41, 5.74) is 3.15. The quantitative estimate of drug-likeness (QED) is 0.814. The summed E-state index contributed by atoms with van der Waals surface area (Å²) < 4.78 is 7.45. The molecule has 124 valence electrons. The first-order chi connectivity index (χ1) is 10.9. The van der Waals surface area contributed by atoms with Gasteiger partial charge in [-0.2, -0.15) is 5.10 Å². The van der Waals surface area contributed by atoms with Gasteiger partial charge in [-0.3, -0.25) is 9.48 Å².